The summed E-state index contributed by atoms with van der Waals surface area (Å²) in [5.74, 6) is 0. The molecule has 0 saturated heterocycles. The fourth-order valence-corrected chi connectivity index (χ4v) is 3.77. The van der Waals surface area contributed by atoms with E-state index in [4.69, 9.17) is 27.9 Å². The summed E-state index contributed by atoms with van der Waals surface area (Å²) < 4.78 is 8.32. The number of imidazole rings is 1. The Morgan fingerprint density at radius 2 is 1.96 bits per heavy atom. The molecule has 1 aliphatic rings. The molecule has 1 aromatic heterocycles. The molecule has 4 rings (SSSR count). The predicted molar refractivity (Wildman–Crippen MR) is 97.9 cm³/mol. The van der Waals surface area contributed by atoms with Crippen LogP contribution in [0.5, 0.6) is 0 Å². The van der Waals surface area contributed by atoms with Crippen LogP contribution in [0.1, 0.15) is 16.7 Å². The Labute approximate surface area is 156 Å². The van der Waals surface area contributed by atoms with E-state index >= 15 is 0 Å². The molecule has 1 atom stereocenters. The van der Waals surface area contributed by atoms with Gasteiger partial charge in [-0.25, -0.2) is 4.98 Å². The monoisotopic (exact) mass is 380 g/mol. The van der Waals surface area contributed by atoms with E-state index in [9.17, 15) is 0 Å². The number of fused-ring (bicyclic) bond motifs is 1. The fourth-order valence-electron chi connectivity index (χ4n) is 3.21. The standard InChI is InChI=1S/C18H14Cl2N2O.ClH/c19-14-5-6-16(17(20)9-14)18(11-22-8-7-21-12-22)15-4-2-1-3-13(15)10-23-18;/h1-9,12H,10-11H2;1H. The Hall–Kier alpha value is -1.52. The molecule has 0 radical (unpaired) electrons. The van der Waals surface area contributed by atoms with Gasteiger partial charge in [-0.2, -0.15) is 0 Å². The van der Waals surface area contributed by atoms with Crippen molar-refractivity contribution in [2.75, 3.05) is 0 Å². The van der Waals surface area contributed by atoms with Gasteiger partial charge < -0.3 is 9.30 Å². The van der Waals surface area contributed by atoms with Gasteiger partial charge in [-0.15, -0.1) is 12.4 Å². The predicted octanol–water partition coefficient (Wildman–Crippen LogP) is 5.09. The first-order chi connectivity index (χ1) is 11.2. The number of rotatable bonds is 3. The van der Waals surface area contributed by atoms with Gasteiger partial charge in [0.2, 0.25) is 0 Å². The Kier molecular flexibility index (Phi) is 4.88. The summed E-state index contributed by atoms with van der Waals surface area (Å²) in [6.07, 6.45) is 5.48. The zero-order valence-electron chi connectivity index (χ0n) is 12.7. The van der Waals surface area contributed by atoms with Gasteiger partial charge in [-0.1, -0.05) is 53.5 Å². The molecule has 24 heavy (non-hydrogen) atoms. The summed E-state index contributed by atoms with van der Waals surface area (Å²) >= 11 is 12.6. The zero-order valence-corrected chi connectivity index (χ0v) is 15.0. The minimum absolute atomic E-state index is 0. The summed E-state index contributed by atoms with van der Waals surface area (Å²) in [4.78, 5) is 4.13. The van der Waals surface area contributed by atoms with Crippen molar-refractivity contribution in [1.82, 2.24) is 9.55 Å². The summed E-state index contributed by atoms with van der Waals surface area (Å²) in [5.41, 5.74) is 2.60. The van der Waals surface area contributed by atoms with Crippen molar-refractivity contribution in [3.63, 3.8) is 0 Å². The van der Waals surface area contributed by atoms with Crippen molar-refractivity contribution in [3.8, 4) is 0 Å². The summed E-state index contributed by atoms with van der Waals surface area (Å²) in [5, 5.41) is 1.22. The van der Waals surface area contributed by atoms with E-state index in [2.05, 4.69) is 17.1 Å². The smallest absolute Gasteiger partial charge is 0.138 e. The molecule has 0 N–H and O–H groups in total. The zero-order chi connectivity index (χ0) is 15.9. The number of hydrogen-bond acceptors (Lipinski definition) is 2. The minimum Gasteiger partial charge on any atom is -0.359 e. The number of halogens is 3. The van der Waals surface area contributed by atoms with Gasteiger partial charge in [0.15, 0.2) is 0 Å². The van der Waals surface area contributed by atoms with Gasteiger partial charge in [0.05, 0.1) is 19.5 Å². The van der Waals surface area contributed by atoms with Crippen molar-refractivity contribution in [3.05, 3.63) is 87.9 Å². The number of nitrogens with zero attached hydrogens (tertiary/aromatic N) is 2. The maximum Gasteiger partial charge on any atom is 0.138 e. The summed E-state index contributed by atoms with van der Waals surface area (Å²) in [6.45, 7) is 1.16. The quantitative estimate of drug-likeness (QED) is 0.632. The summed E-state index contributed by atoms with van der Waals surface area (Å²) in [7, 11) is 0. The molecule has 2 heterocycles. The second kappa shape index (κ2) is 6.77. The molecule has 0 aliphatic carbocycles. The lowest BCUT2D eigenvalue weighted by molar-refractivity contribution is -0.0180. The second-order valence-corrected chi connectivity index (χ2v) is 6.48. The maximum atomic E-state index is 6.52. The first kappa shape index (κ1) is 17.3. The normalized spacial score (nSPS) is 18.9. The molecular formula is C18H15Cl3N2O. The van der Waals surface area contributed by atoms with E-state index in [1.54, 1.807) is 18.6 Å². The number of aromatic nitrogens is 2. The van der Waals surface area contributed by atoms with E-state index in [0.717, 1.165) is 11.1 Å². The average Bonchev–Trinajstić information content (AvgIpc) is 3.17. The number of hydrogen-bond donors (Lipinski definition) is 0. The van der Waals surface area contributed by atoms with Gasteiger partial charge in [0.25, 0.3) is 0 Å². The van der Waals surface area contributed by atoms with E-state index in [-0.39, 0.29) is 12.4 Å². The average molecular weight is 382 g/mol. The number of ether oxygens (including phenoxy) is 1. The third kappa shape index (κ3) is 2.82. The van der Waals surface area contributed by atoms with Crippen molar-refractivity contribution in [2.24, 2.45) is 0 Å². The molecule has 0 bridgehead atoms. The third-order valence-electron chi connectivity index (χ3n) is 4.26. The van der Waals surface area contributed by atoms with E-state index in [1.165, 1.54) is 5.56 Å². The first-order valence-electron chi connectivity index (χ1n) is 7.33. The molecule has 3 nitrogen and oxygen atoms in total. The van der Waals surface area contributed by atoms with E-state index in [1.807, 2.05) is 35.0 Å². The van der Waals surface area contributed by atoms with Crippen LogP contribution in [0.2, 0.25) is 10.0 Å². The van der Waals surface area contributed by atoms with Crippen molar-refractivity contribution >= 4 is 35.6 Å². The lowest BCUT2D eigenvalue weighted by atomic mass is 9.85. The van der Waals surface area contributed by atoms with Crippen LogP contribution in [-0.2, 0) is 23.5 Å². The van der Waals surface area contributed by atoms with Gasteiger partial charge in [0, 0.05) is 28.0 Å². The summed E-state index contributed by atoms with van der Waals surface area (Å²) in [6, 6.07) is 13.8. The van der Waals surface area contributed by atoms with Crippen LogP contribution in [-0.4, -0.2) is 9.55 Å². The third-order valence-corrected chi connectivity index (χ3v) is 4.80. The van der Waals surface area contributed by atoms with Crippen molar-refractivity contribution < 1.29 is 4.74 Å². The molecule has 124 valence electrons. The van der Waals surface area contributed by atoms with Gasteiger partial charge in [0.1, 0.15) is 5.60 Å². The van der Waals surface area contributed by atoms with Gasteiger partial charge in [-0.3, -0.25) is 0 Å². The Balaban J connectivity index is 0.00000169. The number of benzene rings is 2. The first-order valence-corrected chi connectivity index (χ1v) is 8.08. The molecule has 3 aromatic rings. The van der Waals surface area contributed by atoms with Crippen LogP contribution in [0.4, 0.5) is 0 Å². The highest BCUT2D eigenvalue weighted by Crippen LogP contribution is 2.46. The lowest BCUT2D eigenvalue weighted by Gasteiger charge is -2.31. The van der Waals surface area contributed by atoms with Gasteiger partial charge >= 0.3 is 0 Å². The van der Waals surface area contributed by atoms with E-state index < -0.39 is 5.60 Å². The van der Waals surface area contributed by atoms with Crippen molar-refractivity contribution in [2.45, 2.75) is 18.8 Å². The SMILES string of the molecule is Cl.Clc1ccc(C2(Cn3ccnc3)OCc3ccccc32)c(Cl)c1. The van der Waals surface area contributed by atoms with Crippen LogP contribution in [0.15, 0.2) is 61.2 Å². The molecular weight excluding hydrogens is 367 g/mol. The molecule has 1 unspecified atom stereocenters. The highest BCUT2D eigenvalue weighted by molar-refractivity contribution is 6.35. The maximum absolute atomic E-state index is 6.52. The van der Waals surface area contributed by atoms with Crippen LogP contribution < -0.4 is 0 Å². The molecule has 1 aliphatic heterocycles. The van der Waals surface area contributed by atoms with Crippen LogP contribution in [0, 0.1) is 0 Å². The topological polar surface area (TPSA) is 27.1 Å². The Bertz CT molecular complexity index is 851. The molecule has 6 heteroatoms. The minimum atomic E-state index is -0.640. The largest absolute Gasteiger partial charge is 0.359 e. The fraction of sp³-hybridized carbons (Fsp3) is 0.167. The second-order valence-electron chi connectivity index (χ2n) is 5.63. The molecule has 0 amide bonds. The molecule has 0 fully saturated rings. The lowest BCUT2D eigenvalue weighted by Crippen LogP contribution is -2.32. The van der Waals surface area contributed by atoms with Gasteiger partial charge in [-0.05, 0) is 23.3 Å². The van der Waals surface area contributed by atoms with E-state index in [0.29, 0.717) is 23.2 Å². The van der Waals surface area contributed by atoms with Crippen LogP contribution >= 0.6 is 35.6 Å². The highest BCUT2D eigenvalue weighted by Gasteiger charge is 2.43. The van der Waals surface area contributed by atoms with Crippen molar-refractivity contribution in [1.29, 1.82) is 0 Å². The Morgan fingerprint density at radius 3 is 2.71 bits per heavy atom. The van der Waals surface area contributed by atoms with Crippen LogP contribution in [0.25, 0.3) is 0 Å². The molecule has 2 aromatic carbocycles. The Morgan fingerprint density at radius 1 is 1.12 bits per heavy atom. The molecule has 0 saturated carbocycles. The van der Waals surface area contributed by atoms with Crippen LogP contribution in [0.3, 0.4) is 0 Å². The highest BCUT2D eigenvalue weighted by atomic mass is 35.5. The molecule has 0 spiro atoms.